The van der Waals surface area contributed by atoms with E-state index in [0.29, 0.717) is 0 Å². The number of anilines is 12. The third kappa shape index (κ3) is 21.0. The van der Waals surface area contributed by atoms with Gasteiger partial charge in [-0.15, -0.1) is 0 Å². The number of fused-ring (bicyclic) bond motifs is 2. The van der Waals surface area contributed by atoms with Crippen LogP contribution in [-0.4, -0.2) is 86.3 Å². The lowest BCUT2D eigenvalue weighted by atomic mass is 10.0. The summed E-state index contributed by atoms with van der Waals surface area (Å²) in [5.74, 6) is 0. The van der Waals surface area contributed by atoms with Gasteiger partial charge in [-0.25, -0.2) is 0 Å². The van der Waals surface area contributed by atoms with Crippen molar-refractivity contribution in [3.05, 3.63) is 351 Å². The van der Waals surface area contributed by atoms with Crippen molar-refractivity contribution in [1.82, 2.24) is 0 Å². The standard InChI is InChI=1S/C51H50N2O2Si3.C42H44N2O6Si2.6CH4/c1-57(2,3)55-58(4,38-56-54)37-36-39-24-30-45(31-25-39)53(51-23-13-17-43-15-9-11-21-49(43)51)47-34-28-41(29-35-47)40-26-32-46(33-27-40)52(44-18-6-5-7-19-44)50-22-12-16-42-14-8-10-20-48(42)50;1-45-51(46-2,47-3)41-29-25-39(26-30-41)43(35-13-9-7-10-14-35)37-21-17-33(18-22-37)34-19-23-38(24-20-34)44(36-15-11-8-12-16-36)40-27-31-42(32-28-40)52(48-4,49-5)50-6;;;;;;/h5-35,56H,36-38H2,1-4H3;7-32H,1-6H3;6*1H4. The first kappa shape index (κ1) is 92.6. The Hall–Kier alpha value is -10.6. The van der Waals surface area contributed by atoms with Crippen molar-refractivity contribution in [3.63, 3.8) is 0 Å². The molecule has 0 N–H and O–H groups in total. The lowest BCUT2D eigenvalue weighted by molar-refractivity contribution is 0.140. The third-order valence-corrected chi connectivity index (χ3v) is 35.2. The molecule has 602 valence electrons. The van der Waals surface area contributed by atoms with Gasteiger partial charge in [0.2, 0.25) is 0 Å². The molecule has 0 heterocycles. The fourth-order valence-corrected chi connectivity index (χ4v) is 28.7. The highest BCUT2D eigenvalue weighted by Crippen LogP contribution is 2.44. The highest BCUT2D eigenvalue weighted by molar-refractivity contribution is 6.87. The molecule has 0 aliphatic heterocycles. The second-order valence-corrected chi connectivity index (χ2v) is 44.4. The minimum Gasteiger partial charge on any atom is -0.455 e. The molecular weight excluding hydrogens is 1510 g/mol. The first-order valence-corrected chi connectivity index (χ1v) is 48.1. The maximum Gasteiger partial charge on any atom is 0.536 e. The van der Waals surface area contributed by atoms with Crippen molar-refractivity contribution in [2.24, 2.45) is 0 Å². The number of para-hydroxylation sites is 3. The van der Waals surface area contributed by atoms with Crippen LogP contribution in [-0.2, 0) is 41.6 Å². The Kier molecular flexibility index (Phi) is 33.8. The van der Waals surface area contributed by atoms with Gasteiger partial charge in [0, 0.05) is 126 Å². The van der Waals surface area contributed by atoms with E-state index in [4.69, 9.17) is 30.7 Å². The van der Waals surface area contributed by atoms with Crippen molar-refractivity contribution >= 4 is 144 Å². The SMILES string of the molecule is C.C.C.C.C.C.CO[Si](OC)(OC)c1ccc(N(c2ccccc2)c2ccc(-c3ccc(N(c4ccccc4)c4ccc([Si](OC)(OC)OC)cc4)cc3)cc2)cc1.C[Si](C)(C)O[Si](C)(CCc1ccc(N(c2ccc(-c3ccc(N(c4ccccc4)c4cccc5ccccc45)cc3)cc2)c2cccc3ccccc23)cc1)C[SiH]=O. The van der Waals surface area contributed by atoms with Gasteiger partial charge in [0.1, 0.15) is 0 Å². The molecule has 1 unspecified atom stereocenters. The maximum absolute atomic E-state index is 11.8. The molecule has 0 spiro atoms. The van der Waals surface area contributed by atoms with E-state index in [1.165, 1.54) is 27.1 Å². The van der Waals surface area contributed by atoms with E-state index >= 15 is 0 Å². The first-order valence-electron chi connectivity index (χ1n) is 37.1. The molecule has 12 nitrogen and oxygen atoms in total. The molecule has 0 aliphatic carbocycles. The predicted octanol–water partition coefficient (Wildman–Crippen LogP) is 26.6. The average Bonchev–Trinajstić information content (AvgIpc) is 0.786. The van der Waals surface area contributed by atoms with Crippen LogP contribution in [0.5, 0.6) is 0 Å². The van der Waals surface area contributed by atoms with Crippen LogP contribution < -0.4 is 30.0 Å². The molecule has 0 bridgehead atoms. The van der Waals surface area contributed by atoms with Crippen LogP contribution in [0.2, 0.25) is 37.9 Å². The van der Waals surface area contributed by atoms with Gasteiger partial charge < -0.3 is 54.7 Å². The zero-order valence-electron chi connectivity index (χ0n) is 64.2. The van der Waals surface area contributed by atoms with Gasteiger partial charge in [-0.2, -0.15) is 0 Å². The van der Waals surface area contributed by atoms with Crippen molar-refractivity contribution in [2.75, 3.05) is 62.3 Å². The molecule has 14 rings (SSSR count). The second-order valence-electron chi connectivity index (χ2n) is 28.2. The summed E-state index contributed by atoms with van der Waals surface area (Å²) in [4.78, 5) is 9.17. The summed E-state index contributed by atoms with van der Waals surface area (Å²) in [7, 11) is -0.765. The van der Waals surface area contributed by atoms with E-state index in [1.807, 2.05) is 60.7 Å². The molecule has 14 aromatic carbocycles. The average molecular weight is 1630 g/mol. The molecule has 14 aromatic rings. The number of aryl methyl sites for hydroxylation is 1. The molecule has 17 heteroatoms. The maximum atomic E-state index is 11.8. The summed E-state index contributed by atoms with van der Waals surface area (Å²) in [6.45, 7) is 9.00. The highest BCUT2D eigenvalue weighted by Gasteiger charge is 2.42. The van der Waals surface area contributed by atoms with Crippen LogP contribution in [0.4, 0.5) is 68.2 Å². The fraction of sp³-hybridized carbons (Fsp3) is 0.192. The molecule has 0 radical (unpaired) electrons. The van der Waals surface area contributed by atoms with Gasteiger partial charge in [0.05, 0.1) is 11.4 Å². The normalized spacial score (nSPS) is 11.6. The summed E-state index contributed by atoms with van der Waals surface area (Å²) in [6, 6.07) is 123. The Morgan fingerprint density at radius 2 is 0.526 bits per heavy atom. The number of hydrogen-bond donors (Lipinski definition) is 0. The summed E-state index contributed by atoms with van der Waals surface area (Å²) in [5.41, 5.74) is 19.5. The van der Waals surface area contributed by atoms with Crippen molar-refractivity contribution in [3.8, 4) is 22.3 Å². The Morgan fingerprint density at radius 3 is 0.819 bits per heavy atom. The molecule has 0 aliphatic rings. The monoisotopic (exact) mass is 1630 g/mol. The highest BCUT2D eigenvalue weighted by atomic mass is 28.4. The number of benzene rings is 14. The topological polar surface area (TPSA) is 94.6 Å². The van der Waals surface area contributed by atoms with Crippen LogP contribution in [0.15, 0.2) is 346 Å². The van der Waals surface area contributed by atoms with Crippen molar-refractivity contribution in [2.45, 2.75) is 88.9 Å². The predicted molar refractivity (Wildman–Crippen MR) is 508 cm³/mol. The quantitative estimate of drug-likeness (QED) is 0.0418. The third-order valence-electron chi connectivity index (χ3n) is 20.0. The first-order chi connectivity index (χ1) is 53.6. The molecule has 0 saturated heterocycles. The van der Waals surface area contributed by atoms with E-state index in [9.17, 15) is 4.46 Å². The Morgan fingerprint density at radius 1 is 0.276 bits per heavy atom. The second kappa shape index (κ2) is 42.3. The van der Waals surface area contributed by atoms with E-state index in [2.05, 4.69) is 331 Å². The summed E-state index contributed by atoms with van der Waals surface area (Å²) in [6.07, 6.45) is 0.930. The molecule has 1 atom stereocenters. The summed E-state index contributed by atoms with van der Waals surface area (Å²) >= 11 is 0. The van der Waals surface area contributed by atoms with Gasteiger partial charge in [0.15, 0.2) is 16.6 Å². The zero-order chi connectivity index (χ0) is 76.7. The number of rotatable bonds is 29. The lowest BCUT2D eigenvalue weighted by Crippen LogP contribution is -2.54. The van der Waals surface area contributed by atoms with Crippen LogP contribution in [0, 0.1) is 0 Å². The van der Waals surface area contributed by atoms with Gasteiger partial charge >= 0.3 is 17.6 Å². The summed E-state index contributed by atoms with van der Waals surface area (Å²) < 4.78 is 52.8. The zero-order valence-corrected chi connectivity index (χ0v) is 69.3. The van der Waals surface area contributed by atoms with E-state index in [0.717, 1.165) is 119 Å². The molecule has 0 aromatic heterocycles. The van der Waals surface area contributed by atoms with Crippen molar-refractivity contribution in [1.29, 1.82) is 0 Å². The van der Waals surface area contributed by atoms with Gasteiger partial charge in [0.25, 0.3) is 9.41 Å². The minimum atomic E-state index is -2.95. The minimum absolute atomic E-state index is 0. The van der Waals surface area contributed by atoms with Crippen molar-refractivity contribution < 1.29 is 35.1 Å². The van der Waals surface area contributed by atoms with Gasteiger partial charge in [-0.05, 0) is 211 Å². The van der Waals surface area contributed by atoms with Gasteiger partial charge in [-0.1, -0.05) is 257 Å². The largest absolute Gasteiger partial charge is 0.536 e. The lowest BCUT2D eigenvalue weighted by Gasteiger charge is -2.33. The summed E-state index contributed by atoms with van der Waals surface area (Å²) in [5, 5.41) is 6.63. The van der Waals surface area contributed by atoms with E-state index < -0.39 is 43.6 Å². The van der Waals surface area contributed by atoms with E-state index in [1.54, 1.807) is 42.7 Å². The van der Waals surface area contributed by atoms with Crippen LogP contribution >= 0.6 is 0 Å². The Labute approximate surface area is 699 Å². The number of nitrogens with zero attached hydrogens (tertiary/aromatic N) is 4. The Balaban J connectivity index is 0.000000307. The fourth-order valence-electron chi connectivity index (χ4n) is 14.7. The smallest absolute Gasteiger partial charge is 0.455 e. The molecular formula is C99H118N4O8Si5. The number of hydrogen-bond acceptors (Lipinski definition) is 12. The van der Waals surface area contributed by atoms with Crippen LogP contribution in [0.3, 0.4) is 0 Å². The molecule has 0 amide bonds. The molecule has 0 fully saturated rings. The van der Waals surface area contributed by atoms with Crippen LogP contribution in [0.25, 0.3) is 43.8 Å². The van der Waals surface area contributed by atoms with E-state index in [-0.39, 0.29) is 44.6 Å². The Bertz CT molecular complexity index is 5130. The molecule has 116 heavy (non-hydrogen) atoms. The molecule has 0 saturated carbocycles. The van der Waals surface area contributed by atoms with Gasteiger partial charge in [-0.3, -0.25) is 0 Å². The van der Waals surface area contributed by atoms with Crippen LogP contribution in [0.1, 0.15) is 50.1 Å².